The van der Waals surface area contributed by atoms with Crippen LogP contribution in [0.2, 0.25) is 0 Å². The van der Waals surface area contributed by atoms with E-state index < -0.39 is 0 Å². The second kappa shape index (κ2) is 4.26. The van der Waals surface area contributed by atoms with Gasteiger partial charge >= 0.3 is 0 Å². The van der Waals surface area contributed by atoms with Crippen molar-refractivity contribution in [2.24, 2.45) is 5.73 Å². The third-order valence-corrected chi connectivity index (χ3v) is 4.46. The van der Waals surface area contributed by atoms with Gasteiger partial charge in [0.1, 0.15) is 0 Å². The van der Waals surface area contributed by atoms with Gasteiger partial charge in [-0.15, -0.1) is 22.7 Å². The molecule has 0 aromatic carbocycles. The molecular weight excluding hydrogens is 210 g/mol. The molecule has 0 bridgehead atoms. The van der Waals surface area contributed by atoms with E-state index in [0.29, 0.717) is 0 Å². The third kappa shape index (κ3) is 1.90. The lowest BCUT2D eigenvalue weighted by Crippen LogP contribution is -2.07. The molecule has 0 amide bonds. The van der Waals surface area contributed by atoms with E-state index in [-0.39, 0.29) is 6.04 Å². The molecule has 74 valence electrons. The van der Waals surface area contributed by atoms with Gasteiger partial charge in [0.05, 0.1) is 6.04 Å². The minimum atomic E-state index is 0.0697. The Kier molecular flexibility index (Phi) is 3.01. The fourth-order valence-corrected chi connectivity index (χ4v) is 3.15. The van der Waals surface area contributed by atoms with Gasteiger partial charge in [-0.2, -0.15) is 0 Å². The van der Waals surface area contributed by atoms with Gasteiger partial charge in [0.25, 0.3) is 0 Å². The minimum Gasteiger partial charge on any atom is -0.319 e. The molecule has 1 nitrogen and oxygen atoms in total. The summed E-state index contributed by atoms with van der Waals surface area (Å²) in [4.78, 5) is 3.92. The molecule has 0 saturated carbocycles. The van der Waals surface area contributed by atoms with Crippen molar-refractivity contribution in [2.45, 2.75) is 19.4 Å². The summed E-state index contributed by atoms with van der Waals surface area (Å²) in [7, 11) is 0. The zero-order valence-electron chi connectivity index (χ0n) is 8.07. The number of aryl methyl sites for hydroxylation is 1. The predicted octanol–water partition coefficient (Wildman–Crippen LogP) is 3.42. The Morgan fingerprint density at radius 2 is 2.14 bits per heavy atom. The fraction of sp³-hybridized carbons (Fsp3) is 0.273. The highest BCUT2D eigenvalue weighted by molar-refractivity contribution is 7.13. The Morgan fingerprint density at radius 3 is 2.71 bits per heavy atom. The maximum atomic E-state index is 6.15. The van der Waals surface area contributed by atoms with Gasteiger partial charge in [-0.1, -0.05) is 13.0 Å². The highest BCUT2D eigenvalue weighted by Crippen LogP contribution is 2.29. The van der Waals surface area contributed by atoms with Crippen molar-refractivity contribution in [1.82, 2.24) is 0 Å². The Bertz CT molecular complexity index is 389. The number of hydrogen-bond donors (Lipinski definition) is 1. The summed E-state index contributed by atoms with van der Waals surface area (Å²) in [5.74, 6) is 0. The molecule has 0 aliphatic rings. The summed E-state index contributed by atoms with van der Waals surface area (Å²) in [6, 6.07) is 8.54. The van der Waals surface area contributed by atoms with Crippen molar-refractivity contribution in [3.63, 3.8) is 0 Å². The SMILES string of the molecule is CCc1ccc([C@@H](N)c2cccs2)s1. The topological polar surface area (TPSA) is 26.0 Å². The van der Waals surface area contributed by atoms with Crippen molar-refractivity contribution in [3.8, 4) is 0 Å². The first-order valence-corrected chi connectivity index (χ1v) is 6.38. The smallest absolute Gasteiger partial charge is 0.0740 e. The zero-order chi connectivity index (χ0) is 9.97. The predicted molar refractivity (Wildman–Crippen MR) is 64.0 cm³/mol. The largest absolute Gasteiger partial charge is 0.319 e. The molecule has 0 aliphatic heterocycles. The quantitative estimate of drug-likeness (QED) is 0.847. The van der Waals surface area contributed by atoms with Crippen molar-refractivity contribution >= 4 is 22.7 Å². The molecule has 14 heavy (non-hydrogen) atoms. The summed E-state index contributed by atoms with van der Waals surface area (Å²) in [5, 5.41) is 2.07. The number of hydrogen-bond acceptors (Lipinski definition) is 3. The van der Waals surface area contributed by atoms with Crippen LogP contribution < -0.4 is 5.73 Å². The highest BCUT2D eigenvalue weighted by atomic mass is 32.1. The molecule has 3 heteroatoms. The first-order chi connectivity index (χ1) is 6.81. The lowest BCUT2D eigenvalue weighted by atomic mass is 10.2. The molecule has 2 aromatic heterocycles. The van der Waals surface area contributed by atoms with Crippen molar-refractivity contribution in [1.29, 1.82) is 0 Å². The molecule has 0 unspecified atom stereocenters. The number of thiophene rings is 2. The molecule has 2 N–H and O–H groups in total. The average molecular weight is 223 g/mol. The van der Waals surface area contributed by atoms with E-state index in [0.717, 1.165) is 6.42 Å². The van der Waals surface area contributed by atoms with Gasteiger partial charge in [-0.3, -0.25) is 0 Å². The molecule has 2 rings (SSSR count). The normalized spacial score (nSPS) is 13.0. The van der Waals surface area contributed by atoms with E-state index in [1.165, 1.54) is 14.6 Å². The Balaban J connectivity index is 2.23. The molecule has 0 spiro atoms. The van der Waals surface area contributed by atoms with Crippen LogP contribution in [0.1, 0.15) is 27.6 Å². The van der Waals surface area contributed by atoms with Crippen molar-refractivity contribution < 1.29 is 0 Å². The highest BCUT2D eigenvalue weighted by Gasteiger charge is 2.11. The van der Waals surface area contributed by atoms with Gasteiger partial charge < -0.3 is 5.73 Å². The van der Waals surface area contributed by atoms with Gasteiger partial charge in [0.2, 0.25) is 0 Å². The van der Waals surface area contributed by atoms with Crippen LogP contribution in [0.25, 0.3) is 0 Å². The average Bonchev–Trinajstić information content (AvgIpc) is 2.88. The van der Waals surface area contributed by atoms with E-state index in [2.05, 4.69) is 30.5 Å². The molecule has 0 radical (unpaired) electrons. The first-order valence-electron chi connectivity index (χ1n) is 4.69. The third-order valence-electron chi connectivity index (χ3n) is 2.19. The lowest BCUT2D eigenvalue weighted by Gasteiger charge is -2.05. The van der Waals surface area contributed by atoms with E-state index in [1.54, 1.807) is 11.3 Å². The van der Waals surface area contributed by atoms with Crippen LogP contribution in [0.3, 0.4) is 0 Å². The van der Waals surface area contributed by atoms with Crippen LogP contribution in [-0.2, 0) is 6.42 Å². The number of nitrogens with two attached hydrogens (primary N) is 1. The molecule has 0 aliphatic carbocycles. The van der Waals surface area contributed by atoms with E-state index in [4.69, 9.17) is 5.73 Å². The summed E-state index contributed by atoms with van der Waals surface area (Å²) in [6.45, 7) is 2.17. The van der Waals surface area contributed by atoms with Gasteiger partial charge in [-0.25, -0.2) is 0 Å². The van der Waals surface area contributed by atoms with Crippen LogP contribution in [0, 0.1) is 0 Å². The summed E-state index contributed by atoms with van der Waals surface area (Å²) in [6.07, 6.45) is 1.10. The van der Waals surface area contributed by atoms with Crippen LogP contribution in [0.4, 0.5) is 0 Å². The Hall–Kier alpha value is -0.640. The van der Waals surface area contributed by atoms with Crippen LogP contribution in [0.5, 0.6) is 0 Å². The molecule has 2 heterocycles. The second-order valence-electron chi connectivity index (χ2n) is 3.15. The van der Waals surface area contributed by atoms with Gasteiger partial charge in [-0.05, 0) is 30.0 Å². The first kappa shape index (κ1) is 9.90. The summed E-state index contributed by atoms with van der Waals surface area (Å²) < 4.78 is 0. The maximum Gasteiger partial charge on any atom is 0.0740 e. The lowest BCUT2D eigenvalue weighted by molar-refractivity contribution is 0.917. The van der Waals surface area contributed by atoms with Crippen molar-refractivity contribution in [3.05, 3.63) is 44.3 Å². The van der Waals surface area contributed by atoms with Crippen molar-refractivity contribution in [2.75, 3.05) is 0 Å². The van der Waals surface area contributed by atoms with E-state index in [9.17, 15) is 0 Å². The van der Waals surface area contributed by atoms with Gasteiger partial charge in [0.15, 0.2) is 0 Å². The minimum absolute atomic E-state index is 0.0697. The van der Waals surface area contributed by atoms with Crippen LogP contribution in [-0.4, -0.2) is 0 Å². The molecule has 1 atom stereocenters. The molecule has 0 saturated heterocycles. The molecular formula is C11H13NS2. The fourth-order valence-electron chi connectivity index (χ4n) is 1.36. The van der Waals surface area contributed by atoms with Gasteiger partial charge in [0, 0.05) is 14.6 Å². The maximum absolute atomic E-state index is 6.15. The molecule has 0 fully saturated rings. The summed E-state index contributed by atoms with van der Waals surface area (Å²) >= 11 is 3.55. The Morgan fingerprint density at radius 1 is 1.29 bits per heavy atom. The van der Waals surface area contributed by atoms with E-state index in [1.807, 2.05) is 17.4 Å². The summed E-state index contributed by atoms with van der Waals surface area (Å²) in [5.41, 5.74) is 6.15. The molecule has 2 aromatic rings. The monoisotopic (exact) mass is 223 g/mol. The van der Waals surface area contributed by atoms with Crippen LogP contribution in [0.15, 0.2) is 29.6 Å². The van der Waals surface area contributed by atoms with Crippen LogP contribution >= 0.6 is 22.7 Å². The number of rotatable bonds is 3. The Labute approximate surface area is 92.2 Å². The van der Waals surface area contributed by atoms with E-state index >= 15 is 0 Å². The zero-order valence-corrected chi connectivity index (χ0v) is 9.70. The second-order valence-corrected chi connectivity index (χ2v) is 5.33. The standard InChI is InChI=1S/C11H13NS2/c1-2-8-5-6-10(14-8)11(12)9-4-3-7-13-9/h3-7,11H,2,12H2,1H3/t11-/m0/s1.